The average molecular weight is 488 g/mol. The van der Waals surface area contributed by atoms with Crippen molar-refractivity contribution in [2.24, 2.45) is 0 Å². The lowest BCUT2D eigenvalue weighted by molar-refractivity contribution is -0.142. The van der Waals surface area contributed by atoms with E-state index in [1.54, 1.807) is 22.1 Å². The zero-order valence-corrected chi connectivity index (χ0v) is 19.5. The third kappa shape index (κ3) is 4.06. The quantitative estimate of drug-likeness (QED) is 0.438. The minimum Gasteiger partial charge on any atom is -0.485 e. The molecule has 0 radical (unpaired) electrons. The number of carbonyl (C=O) groups is 2. The van der Waals surface area contributed by atoms with Gasteiger partial charge in [0.15, 0.2) is 17.2 Å². The lowest BCUT2D eigenvalue weighted by Crippen LogP contribution is -2.55. The van der Waals surface area contributed by atoms with Gasteiger partial charge in [-0.3, -0.25) is 9.59 Å². The molecule has 0 bridgehead atoms. The van der Waals surface area contributed by atoms with E-state index in [1.165, 1.54) is 17.5 Å². The monoisotopic (exact) mass is 487 g/mol. The van der Waals surface area contributed by atoms with Gasteiger partial charge < -0.3 is 19.3 Å². The van der Waals surface area contributed by atoms with Crippen molar-refractivity contribution in [1.82, 2.24) is 24.8 Å². The van der Waals surface area contributed by atoms with Crippen LogP contribution in [0.4, 0.5) is 0 Å². The molecular weight excluding hydrogens is 466 g/mol. The van der Waals surface area contributed by atoms with E-state index in [9.17, 15) is 9.59 Å². The number of amides is 2. The number of thiazole rings is 1. The van der Waals surface area contributed by atoms with Crippen molar-refractivity contribution in [1.29, 1.82) is 0 Å². The normalized spacial score (nSPS) is 17.4. The van der Waals surface area contributed by atoms with E-state index < -0.39 is 6.10 Å². The Morgan fingerprint density at radius 2 is 1.60 bits per heavy atom. The largest absolute Gasteiger partial charge is 0.485 e. The number of nitrogens with zero attached hydrogens (tertiary/aromatic N) is 5. The van der Waals surface area contributed by atoms with Crippen LogP contribution in [0.3, 0.4) is 0 Å². The number of rotatable bonds is 3. The lowest BCUT2D eigenvalue weighted by atomic mass is 10.2. The van der Waals surface area contributed by atoms with Crippen LogP contribution in [0.25, 0.3) is 20.9 Å². The van der Waals surface area contributed by atoms with E-state index >= 15 is 0 Å². The number of carbonyl (C=O) groups excluding carboxylic acids is 2. The predicted octanol–water partition coefficient (Wildman–Crippen LogP) is 2.88. The molecule has 2 aliphatic heterocycles. The molecular formula is C25H21N5O4S. The van der Waals surface area contributed by atoms with Gasteiger partial charge in [0.25, 0.3) is 11.8 Å². The Kier molecular flexibility index (Phi) is 5.49. The molecule has 1 atom stereocenters. The van der Waals surface area contributed by atoms with Gasteiger partial charge in [-0.15, -0.1) is 11.3 Å². The first kappa shape index (κ1) is 21.5. The van der Waals surface area contributed by atoms with E-state index in [2.05, 4.69) is 15.0 Å². The van der Waals surface area contributed by atoms with E-state index in [0.717, 1.165) is 10.2 Å². The van der Waals surface area contributed by atoms with Crippen molar-refractivity contribution in [3.63, 3.8) is 0 Å². The van der Waals surface area contributed by atoms with Crippen LogP contribution in [0.15, 0.2) is 60.9 Å². The number of fused-ring (bicyclic) bond motifs is 2. The van der Waals surface area contributed by atoms with Crippen molar-refractivity contribution in [3.05, 3.63) is 66.6 Å². The molecule has 4 aromatic rings. The number of ether oxygens (including phenoxy) is 2. The zero-order valence-electron chi connectivity index (χ0n) is 18.7. The number of aromatic nitrogens is 3. The van der Waals surface area contributed by atoms with Gasteiger partial charge in [0.05, 0.1) is 10.2 Å². The van der Waals surface area contributed by atoms with E-state index in [4.69, 9.17) is 9.47 Å². The number of piperazine rings is 1. The third-order valence-electron chi connectivity index (χ3n) is 6.06. The summed E-state index contributed by atoms with van der Waals surface area (Å²) in [5.74, 6) is 0.850. The summed E-state index contributed by atoms with van der Waals surface area (Å²) >= 11 is 1.48. The second-order valence-electron chi connectivity index (χ2n) is 8.22. The summed E-state index contributed by atoms with van der Waals surface area (Å²) in [6, 6.07) is 15.1. The van der Waals surface area contributed by atoms with Crippen molar-refractivity contribution in [2.45, 2.75) is 6.10 Å². The Labute approximate surface area is 205 Å². The van der Waals surface area contributed by atoms with Gasteiger partial charge in [-0.1, -0.05) is 24.3 Å². The molecule has 1 saturated heterocycles. The molecule has 0 unspecified atom stereocenters. The first-order valence-electron chi connectivity index (χ1n) is 11.3. The highest BCUT2D eigenvalue weighted by molar-refractivity contribution is 7.21. The summed E-state index contributed by atoms with van der Waals surface area (Å²) in [7, 11) is 0. The van der Waals surface area contributed by atoms with Crippen LogP contribution in [0.5, 0.6) is 11.5 Å². The van der Waals surface area contributed by atoms with Crippen LogP contribution in [0, 0.1) is 0 Å². The standard InChI is InChI=1S/C25H21N5O4S/c31-24(19-15-33-17-6-2-3-7-18(17)34-19)29-11-13-30(14-12-29)25(32)22-21(26-9-10-27-22)23-28-16-5-1-4-8-20(16)35-23/h1-10,19H,11-15H2/t19-/m1/s1. The molecule has 1 fully saturated rings. The summed E-state index contributed by atoms with van der Waals surface area (Å²) in [5, 5.41) is 0.659. The highest BCUT2D eigenvalue weighted by Crippen LogP contribution is 2.32. The lowest BCUT2D eigenvalue weighted by Gasteiger charge is -2.37. The van der Waals surface area contributed by atoms with E-state index in [0.29, 0.717) is 48.4 Å². The molecule has 2 aromatic heterocycles. The zero-order chi connectivity index (χ0) is 23.8. The van der Waals surface area contributed by atoms with Crippen molar-refractivity contribution >= 4 is 33.4 Å². The molecule has 2 aromatic carbocycles. The smallest absolute Gasteiger partial charge is 0.274 e. The van der Waals surface area contributed by atoms with Crippen LogP contribution in [0.1, 0.15) is 10.5 Å². The maximum atomic E-state index is 13.4. The molecule has 0 N–H and O–H groups in total. The Morgan fingerprint density at radius 3 is 2.43 bits per heavy atom. The Bertz CT molecular complexity index is 1380. The van der Waals surface area contributed by atoms with E-state index in [-0.39, 0.29) is 24.1 Å². The Hall–Kier alpha value is -4.05. The summed E-state index contributed by atoms with van der Waals surface area (Å²) < 4.78 is 12.6. The van der Waals surface area contributed by atoms with Crippen LogP contribution < -0.4 is 9.47 Å². The van der Waals surface area contributed by atoms with Gasteiger partial charge in [-0.05, 0) is 24.3 Å². The van der Waals surface area contributed by atoms with Gasteiger partial charge in [0, 0.05) is 38.6 Å². The molecule has 0 saturated carbocycles. The highest BCUT2D eigenvalue weighted by Gasteiger charge is 2.34. The van der Waals surface area contributed by atoms with Crippen LogP contribution in [0.2, 0.25) is 0 Å². The fourth-order valence-electron chi connectivity index (χ4n) is 4.25. The van der Waals surface area contributed by atoms with Crippen LogP contribution >= 0.6 is 11.3 Å². The first-order chi connectivity index (χ1) is 17.2. The van der Waals surface area contributed by atoms with E-state index in [1.807, 2.05) is 42.5 Å². The average Bonchev–Trinajstić information content (AvgIpc) is 3.36. The number of para-hydroxylation sites is 3. The molecule has 35 heavy (non-hydrogen) atoms. The minimum absolute atomic E-state index is 0.138. The van der Waals surface area contributed by atoms with Crippen molar-refractivity contribution in [3.8, 4) is 22.2 Å². The molecule has 6 rings (SSSR count). The number of hydrogen-bond donors (Lipinski definition) is 0. The highest BCUT2D eigenvalue weighted by atomic mass is 32.1. The summed E-state index contributed by atoms with van der Waals surface area (Å²) in [6.07, 6.45) is 2.39. The number of hydrogen-bond acceptors (Lipinski definition) is 8. The third-order valence-corrected chi connectivity index (χ3v) is 7.10. The SMILES string of the molecule is O=C(c1nccnc1-c1nc2ccccc2s1)N1CCN(C(=O)[C@H]2COc3ccccc3O2)CC1. The molecule has 10 heteroatoms. The maximum Gasteiger partial charge on any atom is 0.274 e. The molecule has 4 heterocycles. The Balaban J connectivity index is 1.14. The van der Waals surface area contributed by atoms with Crippen molar-refractivity contribution < 1.29 is 19.1 Å². The summed E-state index contributed by atoms with van der Waals surface area (Å²) in [4.78, 5) is 43.2. The van der Waals surface area contributed by atoms with Crippen LogP contribution in [-0.4, -0.2) is 75.5 Å². The molecule has 2 amide bonds. The second-order valence-corrected chi connectivity index (χ2v) is 9.25. The minimum atomic E-state index is -0.697. The number of benzene rings is 2. The predicted molar refractivity (Wildman–Crippen MR) is 129 cm³/mol. The van der Waals surface area contributed by atoms with Gasteiger partial charge in [-0.25, -0.2) is 15.0 Å². The summed E-state index contributed by atoms with van der Waals surface area (Å²) in [5.41, 5.74) is 1.61. The van der Waals surface area contributed by atoms with Crippen LogP contribution in [-0.2, 0) is 4.79 Å². The molecule has 2 aliphatic rings. The van der Waals surface area contributed by atoms with Gasteiger partial charge in [-0.2, -0.15) is 0 Å². The van der Waals surface area contributed by atoms with Crippen molar-refractivity contribution in [2.75, 3.05) is 32.8 Å². The maximum absolute atomic E-state index is 13.4. The molecule has 9 nitrogen and oxygen atoms in total. The van der Waals surface area contributed by atoms with Gasteiger partial charge >= 0.3 is 0 Å². The molecule has 0 aliphatic carbocycles. The molecule has 176 valence electrons. The molecule has 0 spiro atoms. The summed E-state index contributed by atoms with van der Waals surface area (Å²) in [6.45, 7) is 1.76. The second kappa shape index (κ2) is 8.95. The van der Waals surface area contributed by atoms with Gasteiger partial charge in [0.1, 0.15) is 17.3 Å². The topological polar surface area (TPSA) is 97.8 Å². The fourth-order valence-corrected chi connectivity index (χ4v) is 5.21. The fraction of sp³-hybridized carbons (Fsp3) is 0.240. The Morgan fingerprint density at radius 1 is 0.886 bits per heavy atom. The van der Waals surface area contributed by atoms with Gasteiger partial charge in [0.2, 0.25) is 6.10 Å². The first-order valence-corrected chi connectivity index (χ1v) is 12.1.